The van der Waals surface area contributed by atoms with Gasteiger partial charge in [-0.15, -0.1) is 0 Å². The van der Waals surface area contributed by atoms with Crippen LogP contribution in [0.25, 0.3) is 0 Å². The van der Waals surface area contributed by atoms with Crippen molar-refractivity contribution in [2.45, 2.75) is 6.10 Å². The van der Waals surface area contributed by atoms with Gasteiger partial charge in [0.15, 0.2) is 11.9 Å². The molecule has 0 fully saturated rings. The highest BCUT2D eigenvalue weighted by Gasteiger charge is 2.39. The molecule has 1 aliphatic heterocycles. The summed E-state index contributed by atoms with van der Waals surface area (Å²) in [6.07, 6.45) is -0.322. The van der Waals surface area contributed by atoms with Crippen LogP contribution in [0.5, 0.6) is 5.75 Å². The van der Waals surface area contributed by atoms with Gasteiger partial charge in [0, 0.05) is 28.6 Å². The molecule has 170 valence electrons. The zero-order valence-electron chi connectivity index (χ0n) is 18.4. The summed E-state index contributed by atoms with van der Waals surface area (Å²) in [7, 11) is 0. The number of oxime groups is 1. The molecule has 2 N–H and O–H groups in total. The molecule has 2 atom stereocenters. The number of anilines is 3. The molecule has 0 aromatic heterocycles. The van der Waals surface area contributed by atoms with Gasteiger partial charge in [0.1, 0.15) is 5.75 Å². The molecule has 5 rings (SSSR count). The number of aromatic hydroxyl groups is 1. The van der Waals surface area contributed by atoms with E-state index in [4.69, 9.17) is 16.4 Å². The molecular formula is C28H24ClN3O2. The number of rotatable bonds is 6. The second-order valence-corrected chi connectivity index (χ2v) is 8.51. The molecule has 4 aromatic carbocycles. The number of nitrogens with zero attached hydrogens (tertiary/aromatic N) is 2. The summed E-state index contributed by atoms with van der Waals surface area (Å²) in [4.78, 5) is 8.17. The Morgan fingerprint density at radius 2 is 1.47 bits per heavy atom. The summed E-state index contributed by atoms with van der Waals surface area (Å²) in [5, 5.41) is 18.6. The van der Waals surface area contributed by atoms with Crippen LogP contribution in [0, 0.1) is 5.92 Å². The SMILES string of the molecule is Oc1ccc(C2ON=C(N(c3ccccc3)c3ccccc3)C2CNc2cccc(Cl)c2)cc1. The van der Waals surface area contributed by atoms with Gasteiger partial charge in [0.2, 0.25) is 0 Å². The van der Waals surface area contributed by atoms with E-state index in [9.17, 15) is 5.11 Å². The average Bonchev–Trinajstić information content (AvgIpc) is 3.28. The van der Waals surface area contributed by atoms with Crippen LogP contribution in [-0.4, -0.2) is 17.5 Å². The Labute approximate surface area is 203 Å². The first-order chi connectivity index (χ1) is 16.7. The van der Waals surface area contributed by atoms with Gasteiger partial charge >= 0.3 is 0 Å². The van der Waals surface area contributed by atoms with Crippen LogP contribution in [-0.2, 0) is 4.84 Å². The summed E-state index contributed by atoms with van der Waals surface area (Å²) in [6, 6.07) is 35.0. The van der Waals surface area contributed by atoms with Crippen LogP contribution < -0.4 is 10.2 Å². The van der Waals surface area contributed by atoms with Crippen LogP contribution in [0.15, 0.2) is 114 Å². The fourth-order valence-corrected chi connectivity index (χ4v) is 4.33. The predicted octanol–water partition coefficient (Wildman–Crippen LogP) is 7.00. The fourth-order valence-electron chi connectivity index (χ4n) is 4.14. The quantitative estimate of drug-likeness (QED) is 0.319. The summed E-state index contributed by atoms with van der Waals surface area (Å²) in [5.74, 6) is 0.889. The fraction of sp³-hybridized carbons (Fsp3) is 0.107. The number of amidine groups is 1. The summed E-state index contributed by atoms with van der Waals surface area (Å²) < 4.78 is 0. The van der Waals surface area contributed by atoms with E-state index in [0.29, 0.717) is 11.6 Å². The topological polar surface area (TPSA) is 57.1 Å². The van der Waals surface area contributed by atoms with Crippen molar-refractivity contribution in [2.24, 2.45) is 11.1 Å². The van der Waals surface area contributed by atoms with Crippen LogP contribution >= 0.6 is 11.6 Å². The van der Waals surface area contributed by atoms with E-state index in [1.165, 1.54) is 0 Å². The van der Waals surface area contributed by atoms with E-state index >= 15 is 0 Å². The first kappa shape index (κ1) is 21.9. The first-order valence-corrected chi connectivity index (χ1v) is 11.5. The molecule has 0 saturated heterocycles. The van der Waals surface area contributed by atoms with E-state index in [2.05, 4.69) is 39.6 Å². The van der Waals surface area contributed by atoms with Gasteiger partial charge in [-0.3, -0.25) is 4.90 Å². The largest absolute Gasteiger partial charge is 0.508 e. The van der Waals surface area contributed by atoms with Crippen LogP contribution in [0.3, 0.4) is 0 Å². The van der Waals surface area contributed by atoms with E-state index in [1.54, 1.807) is 12.1 Å². The smallest absolute Gasteiger partial charge is 0.164 e. The lowest BCUT2D eigenvalue weighted by Gasteiger charge is -2.29. The van der Waals surface area contributed by atoms with E-state index in [1.807, 2.05) is 72.8 Å². The van der Waals surface area contributed by atoms with E-state index in [-0.39, 0.29) is 17.8 Å². The Bertz CT molecular complexity index is 1220. The molecule has 34 heavy (non-hydrogen) atoms. The minimum absolute atomic E-state index is 0.121. The molecule has 2 unspecified atom stereocenters. The van der Waals surface area contributed by atoms with Crippen molar-refractivity contribution in [3.8, 4) is 5.75 Å². The zero-order chi connectivity index (χ0) is 23.3. The molecule has 4 aromatic rings. The van der Waals surface area contributed by atoms with E-state index < -0.39 is 0 Å². The van der Waals surface area contributed by atoms with Crippen molar-refractivity contribution in [3.05, 3.63) is 120 Å². The van der Waals surface area contributed by atoms with Crippen LogP contribution in [0.2, 0.25) is 5.02 Å². The van der Waals surface area contributed by atoms with Crippen molar-refractivity contribution < 1.29 is 9.94 Å². The Morgan fingerprint density at radius 1 is 0.824 bits per heavy atom. The lowest BCUT2D eigenvalue weighted by atomic mass is 9.93. The van der Waals surface area contributed by atoms with Crippen molar-refractivity contribution in [2.75, 3.05) is 16.8 Å². The minimum atomic E-state index is -0.322. The summed E-state index contributed by atoms with van der Waals surface area (Å²) >= 11 is 6.20. The lowest BCUT2D eigenvalue weighted by molar-refractivity contribution is 0.0640. The van der Waals surface area contributed by atoms with Gasteiger partial charge in [-0.2, -0.15) is 0 Å². The maximum atomic E-state index is 9.78. The first-order valence-electron chi connectivity index (χ1n) is 11.1. The van der Waals surface area contributed by atoms with Crippen LogP contribution in [0.4, 0.5) is 17.1 Å². The monoisotopic (exact) mass is 469 g/mol. The third-order valence-corrected chi connectivity index (χ3v) is 6.02. The Balaban J connectivity index is 1.53. The highest BCUT2D eigenvalue weighted by Crippen LogP contribution is 2.39. The molecule has 0 amide bonds. The predicted molar refractivity (Wildman–Crippen MR) is 138 cm³/mol. The number of hydrogen-bond donors (Lipinski definition) is 2. The van der Waals surface area contributed by atoms with Gasteiger partial charge in [-0.1, -0.05) is 71.4 Å². The summed E-state index contributed by atoms with van der Waals surface area (Å²) in [6.45, 7) is 0.570. The van der Waals surface area contributed by atoms with Crippen molar-refractivity contribution >= 4 is 34.5 Å². The zero-order valence-corrected chi connectivity index (χ0v) is 19.1. The molecule has 5 nitrogen and oxygen atoms in total. The molecule has 0 radical (unpaired) electrons. The highest BCUT2D eigenvalue weighted by molar-refractivity contribution is 6.30. The number of hydrogen-bond acceptors (Lipinski definition) is 5. The maximum absolute atomic E-state index is 9.78. The van der Waals surface area contributed by atoms with Gasteiger partial charge in [0.25, 0.3) is 0 Å². The highest BCUT2D eigenvalue weighted by atomic mass is 35.5. The van der Waals surface area contributed by atoms with Crippen LogP contribution in [0.1, 0.15) is 11.7 Å². The van der Waals surface area contributed by atoms with E-state index in [0.717, 1.165) is 28.5 Å². The second-order valence-electron chi connectivity index (χ2n) is 8.07. The lowest BCUT2D eigenvalue weighted by Crippen LogP contribution is -2.36. The Kier molecular flexibility index (Phi) is 6.36. The Hall–Kier alpha value is -3.96. The number of phenols is 1. The maximum Gasteiger partial charge on any atom is 0.164 e. The summed E-state index contributed by atoms with van der Waals surface area (Å²) in [5.41, 5.74) is 3.86. The van der Waals surface area contributed by atoms with Gasteiger partial charge in [-0.05, 0) is 60.2 Å². The normalized spacial score (nSPS) is 17.0. The van der Waals surface area contributed by atoms with Gasteiger partial charge < -0.3 is 15.3 Å². The molecule has 0 bridgehead atoms. The Morgan fingerprint density at radius 3 is 2.09 bits per heavy atom. The number of nitrogens with one attached hydrogen (secondary N) is 1. The second kappa shape index (κ2) is 9.89. The standard InChI is InChI=1S/C28H24ClN3O2/c29-21-8-7-9-22(18-21)30-19-26-27(20-14-16-25(33)17-15-20)34-31-28(26)32(23-10-3-1-4-11-23)24-12-5-2-6-13-24/h1-18,26-27,30,33H,19H2. The van der Waals surface area contributed by atoms with Crippen molar-refractivity contribution in [1.82, 2.24) is 0 Å². The number of phenolic OH excluding ortho intramolecular Hbond substituents is 1. The minimum Gasteiger partial charge on any atom is -0.508 e. The average molecular weight is 470 g/mol. The van der Waals surface area contributed by atoms with Crippen molar-refractivity contribution in [3.63, 3.8) is 0 Å². The van der Waals surface area contributed by atoms with Gasteiger partial charge in [0.05, 0.1) is 5.92 Å². The number of benzene rings is 4. The molecule has 1 aliphatic rings. The number of para-hydroxylation sites is 2. The molecule has 0 spiro atoms. The molecule has 0 aliphatic carbocycles. The molecule has 0 saturated carbocycles. The molecular weight excluding hydrogens is 446 g/mol. The van der Waals surface area contributed by atoms with Gasteiger partial charge in [-0.25, -0.2) is 0 Å². The third-order valence-electron chi connectivity index (χ3n) is 5.79. The van der Waals surface area contributed by atoms with Crippen molar-refractivity contribution in [1.29, 1.82) is 0 Å². The molecule has 1 heterocycles. The number of halogens is 1. The molecule has 6 heteroatoms. The third kappa shape index (κ3) is 4.70.